The Kier molecular flexibility index (Phi) is 7.49. The van der Waals surface area contributed by atoms with Crippen LogP contribution in [0, 0.1) is 23.2 Å². The number of halogens is 1. The summed E-state index contributed by atoms with van der Waals surface area (Å²) in [5, 5.41) is 3.28. The molecule has 0 aromatic carbocycles. The van der Waals surface area contributed by atoms with Crippen LogP contribution in [-0.2, 0) is 4.79 Å². The second-order valence-corrected chi connectivity index (χ2v) is 7.56. The Morgan fingerprint density at radius 3 is 2.48 bits per heavy atom. The lowest BCUT2D eigenvalue weighted by molar-refractivity contribution is -0.126. The molecular weight excluding hydrogens is 284 g/mol. The van der Waals surface area contributed by atoms with Crippen LogP contribution >= 0.6 is 12.4 Å². The van der Waals surface area contributed by atoms with Gasteiger partial charge in [-0.25, -0.2) is 0 Å². The van der Waals surface area contributed by atoms with Gasteiger partial charge in [0.15, 0.2) is 0 Å². The topological polar surface area (TPSA) is 55.1 Å². The van der Waals surface area contributed by atoms with E-state index in [0.29, 0.717) is 23.8 Å². The van der Waals surface area contributed by atoms with Gasteiger partial charge in [-0.2, -0.15) is 0 Å². The molecule has 2 rings (SSSR count). The summed E-state index contributed by atoms with van der Waals surface area (Å²) < 4.78 is 0. The lowest BCUT2D eigenvalue weighted by atomic mass is 9.78. The SMILES string of the molecule is CC(C)CC1(CNC(=O)[C@@H]2CCC[C@@H]2CN)CCCC1.Cl. The summed E-state index contributed by atoms with van der Waals surface area (Å²) >= 11 is 0. The highest BCUT2D eigenvalue weighted by molar-refractivity contribution is 5.85. The number of carbonyl (C=O) groups excluding carboxylic acids is 1. The van der Waals surface area contributed by atoms with Crippen molar-refractivity contribution in [3.63, 3.8) is 0 Å². The average molecular weight is 317 g/mol. The largest absolute Gasteiger partial charge is 0.355 e. The Labute approximate surface area is 136 Å². The van der Waals surface area contributed by atoms with Crippen LogP contribution in [0.15, 0.2) is 0 Å². The summed E-state index contributed by atoms with van der Waals surface area (Å²) in [4.78, 5) is 12.4. The maximum absolute atomic E-state index is 12.4. The lowest BCUT2D eigenvalue weighted by Gasteiger charge is -2.32. The molecule has 3 nitrogen and oxygen atoms in total. The molecule has 3 N–H and O–H groups in total. The fraction of sp³-hybridized carbons (Fsp3) is 0.941. The van der Waals surface area contributed by atoms with Crippen LogP contribution in [0.1, 0.15) is 65.2 Å². The molecule has 2 atom stereocenters. The third-order valence-corrected chi connectivity index (χ3v) is 5.44. The van der Waals surface area contributed by atoms with Gasteiger partial charge < -0.3 is 11.1 Å². The minimum Gasteiger partial charge on any atom is -0.355 e. The molecule has 2 fully saturated rings. The quantitative estimate of drug-likeness (QED) is 0.788. The van der Waals surface area contributed by atoms with Gasteiger partial charge in [0.1, 0.15) is 0 Å². The third-order valence-electron chi connectivity index (χ3n) is 5.44. The molecule has 0 aromatic rings. The van der Waals surface area contributed by atoms with Gasteiger partial charge in [-0.1, -0.05) is 33.1 Å². The predicted octanol–water partition coefficient (Wildman–Crippen LogP) is 3.51. The van der Waals surface area contributed by atoms with Gasteiger partial charge in [-0.3, -0.25) is 4.79 Å². The highest BCUT2D eigenvalue weighted by atomic mass is 35.5. The van der Waals surface area contributed by atoms with Crippen molar-refractivity contribution in [2.45, 2.75) is 65.2 Å². The normalized spacial score (nSPS) is 27.6. The zero-order valence-electron chi connectivity index (χ0n) is 13.7. The van der Waals surface area contributed by atoms with Crippen molar-refractivity contribution < 1.29 is 4.79 Å². The van der Waals surface area contributed by atoms with E-state index in [1.54, 1.807) is 0 Å². The van der Waals surface area contributed by atoms with Crippen molar-refractivity contribution in [1.29, 1.82) is 0 Å². The zero-order chi connectivity index (χ0) is 14.6. The van der Waals surface area contributed by atoms with E-state index in [1.165, 1.54) is 32.1 Å². The van der Waals surface area contributed by atoms with E-state index < -0.39 is 0 Å². The maximum Gasteiger partial charge on any atom is 0.223 e. The molecule has 0 aromatic heterocycles. The molecule has 2 aliphatic carbocycles. The Balaban J connectivity index is 0.00000220. The number of amides is 1. The molecule has 0 radical (unpaired) electrons. The van der Waals surface area contributed by atoms with Crippen molar-refractivity contribution in [1.82, 2.24) is 5.32 Å². The van der Waals surface area contributed by atoms with Gasteiger partial charge in [-0.15, -0.1) is 12.4 Å². The van der Waals surface area contributed by atoms with Crippen molar-refractivity contribution in [3.8, 4) is 0 Å². The van der Waals surface area contributed by atoms with E-state index in [1.807, 2.05) is 0 Å². The number of hydrogen-bond donors (Lipinski definition) is 2. The first-order valence-electron chi connectivity index (χ1n) is 8.54. The number of hydrogen-bond acceptors (Lipinski definition) is 2. The first-order chi connectivity index (χ1) is 9.56. The van der Waals surface area contributed by atoms with E-state index in [2.05, 4.69) is 19.2 Å². The van der Waals surface area contributed by atoms with Crippen LogP contribution in [0.2, 0.25) is 0 Å². The zero-order valence-corrected chi connectivity index (χ0v) is 14.5. The smallest absolute Gasteiger partial charge is 0.223 e. The Hall–Kier alpha value is -0.280. The lowest BCUT2D eigenvalue weighted by Crippen LogP contribution is -2.41. The Morgan fingerprint density at radius 1 is 1.24 bits per heavy atom. The number of rotatable bonds is 6. The summed E-state index contributed by atoms with van der Waals surface area (Å²) in [7, 11) is 0. The second kappa shape index (κ2) is 8.38. The minimum absolute atomic E-state index is 0. The van der Waals surface area contributed by atoms with Gasteiger partial charge in [-0.05, 0) is 55.9 Å². The van der Waals surface area contributed by atoms with Crippen molar-refractivity contribution in [2.75, 3.05) is 13.1 Å². The van der Waals surface area contributed by atoms with Crippen LogP contribution in [0.4, 0.5) is 0 Å². The Morgan fingerprint density at radius 2 is 1.90 bits per heavy atom. The number of nitrogens with two attached hydrogens (primary N) is 1. The fourth-order valence-electron chi connectivity index (χ4n) is 4.51. The van der Waals surface area contributed by atoms with Gasteiger partial charge in [0.25, 0.3) is 0 Å². The van der Waals surface area contributed by atoms with Crippen LogP contribution in [0.5, 0.6) is 0 Å². The predicted molar refractivity (Wildman–Crippen MR) is 90.5 cm³/mol. The van der Waals surface area contributed by atoms with E-state index >= 15 is 0 Å². The highest BCUT2D eigenvalue weighted by Gasteiger charge is 2.37. The molecule has 21 heavy (non-hydrogen) atoms. The monoisotopic (exact) mass is 316 g/mol. The average Bonchev–Trinajstić information content (AvgIpc) is 3.04. The molecule has 0 heterocycles. The molecule has 2 aliphatic rings. The maximum atomic E-state index is 12.4. The molecule has 4 heteroatoms. The van der Waals surface area contributed by atoms with Gasteiger partial charge >= 0.3 is 0 Å². The van der Waals surface area contributed by atoms with Crippen LogP contribution in [-0.4, -0.2) is 19.0 Å². The molecule has 0 unspecified atom stereocenters. The van der Waals surface area contributed by atoms with E-state index in [0.717, 1.165) is 25.8 Å². The van der Waals surface area contributed by atoms with E-state index in [9.17, 15) is 4.79 Å². The first kappa shape index (κ1) is 18.8. The molecular formula is C17H33ClN2O. The van der Waals surface area contributed by atoms with Crippen molar-refractivity contribution >= 4 is 18.3 Å². The van der Waals surface area contributed by atoms with Crippen molar-refractivity contribution in [3.05, 3.63) is 0 Å². The van der Waals surface area contributed by atoms with Gasteiger partial charge in [0.05, 0.1) is 0 Å². The van der Waals surface area contributed by atoms with Crippen molar-refractivity contribution in [2.24, 2.45) is 28.9 Å². The fourth-order valence-corrected chi connectivity index (χ4v) is 4.51. The summed E-state index contributed by atoms with van der Waals surface area (Å²) in [6.45, 7) is 6.14. The first-order valence-corrected chi connectivity index (χ1v) is 8.54. The molecule has 0 bridgehead atoms. The molecule has 2 saturated carbocycles. The molecule has 1 amide bonds. The third kappa shape index (κ3) is 4.85. The Bertz CT molecular complexity index is 327. The van der Waals surface area contributed by atoms with Gasteiger partial charge in [0.2, 0.25) is 5.91 Å². The second-order valence-electron chi connectivity index (χ2n) is 7.56. The summed E-state index contributed by atoms with van der Waals surface area (Å²) in [6, 6.07) is 0. The molecule has 124 valence electrons. The number of carbonyl (C=O) groups is 1. The highest BCUT2D eigenvalue weighted by Crippen LogP contribution is 2.42. The van der Waals surface area contributed by atoms with Crippen LogP contribution in [0.25, 0.3) is 0 Å². The summed E-state index contributed by atoms with van der Waals surface area (Å²) in [5.74, 6) is 1.58. The molecule has 0 spiro atoms. The molecule has 0 aliphatic heterocycles. The van der Waals surface area contributed by atoms with E-state index in [4.69, 9.17) is 5.73 Å². The minimum atomic E-state index is 0. The van der Waals surface area contributed by atoms with Crippen LogP contribution < -0.4 is 11.1 Å². The summed E-state index contributed by atoms with van der Waals surface area (Å²) in [6.07, 6.45) is 9.81. The van der Waals surface area contributed by atoms with E-state index in [-0.39, 0.29) is 24.2 Å². The summed E-state index contributed by atoms with van der Waals surface area (Å²) in [5.41, 5.74) is 6.17. The van der Waals surface area contributed by atoms with Crippen LogP contribution in [0.3, 0.4) is 0 Å². The number of nitrogens with one attached hydrogen (secondary N) is 1. The molecule has 0 saturated heterocycles. The standard InChI is InChI=1S/C17H32N2O.ClH/c1-13(2)10-17(8-3-4-9-17)12-19-16(20)15-7-5-6-14(15)11-18;/h13-15H,3-12,18H2,1-2H3,(H,19,20);1H/t14-,15-;/m1./s1. The van der Waals surface area contributed by atoms with Gasteiger partial charge in [0, 0.05) is 12.5 Å².